The zero-order chi connectivity index (χ0) is 16.3. The number of guanidine groups is 2. The van der Waals surface area contributed by atoms with E-state index in [-0.39, 0.29) is 30.0 Å². The highest BCUT2D eigenvalue weighted by Crippen LogP contribution is 2.32. The summed E-state index contributed by atoms with van der Waals surface area (Å²) in [6, 6.07) is 2.24. The van der Waals surface area contributed by atoms with E-state index < -0.39 is 17.6 Å². The third kappa shape index (κ3) is 4.85. The maximum atomic E-state index is 13.4. The van der Waals surface area contributed by atoms with E-state index in [2.05, 4.69) is 9.98 Å². The molecule has 10 heteroatoms. The van der Waals surface area contributed by atoms with Crippen molar-refractivity contribution < 1.29 is 17.6 Å². The highest BCUT2D eigenvalue weighted by Gasteiger charge is 2.33. The summed E-state index contributed by atoms with van der Waals surface area (Å²) in [5, 5.41) is 0. The smallest absolute Gasteiger partial charge is 0.369 e. The molecule has 0 fully saturated rings. The van der Waals surface area contributed by atoms with Crippen LogP contribution in [0.2, 0.25) is 0 Å². The fraction of sp³-hybridized carbons (Fsp3) is 0.231. The number of benzene rings is 1. The van der Waals surface area contributed by atoms with Gasteiger partial charge in [-0.25, -0.2) is 9.38 Å². The minimum atomic E-state index is -4.76. The van der Waals surface area contributed by atoms with Crippen LogP contribution < -0.4 is 11.5 Å². The van der Waals surface area contributed by atoms with Crippen LogP contribution in [-0.4, -0.2) is 29.9 Å². The fourth-order valence-corrected chi connectivity index (χ4v) is 1.81. The minimum Gasteiger partial charge on any atom is -0.369 e. The van der Waals surface area contributed by atoms with Gasteiger partial charge in [-0.05, 0) is 12.1 Å². The van der Waals surface area contributed by atoms with Gasteiger partial charge < -0.3 is 16.4 Å². The van der Waals surface area contributed by atoms with E-state index in [1.54, 1.807) is 4.90 Å². The molecule has 1 aliphatic rings. The first-order chi connectivity index (χ1) is 10.3. The Hall–Kier alpha value is -2.29. The normalized spacial score (nSPS) is 15.7. The van der Waals surface area contributed by atoms with Crippen LogP contribution in [0.1, 0.15) is 5.56 Å². The van der Waals surface area contributed by atoms with Crippen molar-refractivity contribution in [3.8, 4) is 0 Å². The van der Waals surface area contributed by atoms with E-state index in [0.717, 1.165) is 6.07 Å². The molecule has 126 valence electrons. The summed E-state index contributed by atoms with van der Waals surface area (Å²) < 4.78 is 50.7. The van der Waals surface area contributed by atoms with Crippen LogP contribution in [0.5, 0.6) is 0 Å². The zero-order valence-electron chi connectivity index (χ0n) is 11.7. The van der Waals surface area contributed by atoms with Crippen molar-refractivity contribution in [1.29, 1.82) is 0 Å². The number of alkyl halides is 3. The first kappa shape index (κ1) is 18.8. The lowest BCUT2D eigenvalue weighted by Gasteiger charge is -2.15. The minimum absolute atomic E-state index is 0. The van der Waals surface area contributed by atoms with Gasteiger partial charge in [0.15, 0.2) is 5.96 Å². The van der Waals surface area contributed by atoms with Crippen molar-refractivity contribution in [3.63, 3.8) is 0 Å². The first-order valence-corrected chi connectivity index (χ1v) is 6.22. The summed E-state index contributed by atoms with van der Waals surface area (Å²) in [6.45, 7) is 1.16. The van der Waals surface area contributed by atoms with E-state index in [4.69, 9.17) is 11.5 Å². The van der Waals surface area contributed by atoms with Crippen LogP contribution >= 0.6 is 12.4 Å². The Bertz CT molecular complexity index is 646. The van der Waals surface area contributed by atoms with Crippen molar-refractivity contribution in [2.45, 2.75) is 6.18 Å². The van der Waals surface area contributed by atoms with E-state index in [1.165, 1.54) is 0 Å². The molecule has 4 N–H and O–H groups in total. The fourth-order valence-electron chi connectivity index (χ4n) is 1.81. The average molecular weight is 352 g/mol. The van der Waals surface area contributed by atoms with Gasteiger partial charge in [0.1, 0.15) is 5.82 Å². The maximum Gasteiger partial charge on any atom is 0.419 e. The molecule has 0 unspecified atom stereocenters. The zero-order valence-corrected chi connectivity index (χ0v) is 12.5. The molecule has 2 rings (SSSR count). The number of rotatable bonds is 1. The molecule has 0 saturated heterocycles. The quantitative estimate of drug-likeness (QED) is 0.353. The van der Waals surface area contributed by atoms with E-state index in [1.807, 2.05) is 12.2 Å². The van der Waals surface area contributed by atoms with Gasteiger partial charge >= 0.3 is 6.18 Å². The highest BCUT2D eigenvalue weighted by atomic mass is 35.5. The number of hydrogen-bond donors (Lipinski definition) is 2. The third-order valence-electron chi connectivity index (χ3n) is 2.87. The van der Waals surface area contributed by atoms with E-state index in [9.17, 15) is 17.6 Å². The molecular formula is C13H14ClF4N5. The second-order valence-corrected chi connectivity index (χ2v) is 4.48. The molecule has 0 aliphatic carbocycles. The molecule has 1 aromatic carbocycles. The van der Waals surface area contributed by atoms with Crippen molar-refractivity contribution in [2.75, 3.05) is 13.1 Å². The van der Waals surface area contributed by atoms with Crippen LogP contribution in [0.3, 0.4) is 0 Å². The molecule has 0 amide bonds. The molecule has 23 heavy (non-hydrogen) atoms. The summed E-state index contributed by atoms with van der Waals surface area (Å²) in [5.41, 5.74) is 9.79. The highest BCUT2D eigenvalue weighted by molar-refractivity contribution is 5.94. The monoisotopic (exact) mass is 351 g/mol. The number of nitrogens with two attached hydrogens (primary N) is 2. The van der Waals surface area contributed by atoms with Crippen LogP contribution in [-0.2, 0) is 6.18 Å². The van der Waals surface area contributed by atoms with Crippen molar-refractivity contribution in [3.05, 3.63) is 41.7 Å². The molecule has 0 saturated carbocycles. The summed E-state index contributed by atoms with van der Waals surface area (Å²) in [4.78, 5) is 9.25. The lowest BCUT2D eigenvalue weighted by atomic mass is 10.2. The molecule has 0 aromatic heterocycles. The van der Waals surface area contributed by atoms with Crippen molar-refractivity contribution in [2.24, 2.45) is 21.5 Å². The van der Waals surface area contributed by atoms with Gasteiger partial charge in [0.2, 0.25) is 5.96 Å². The predicted molar refractivity (Wildman–Crippen MR) is 82.3 cm³/mol. The Morgan fingerprint density at radius 2 is 1.74 bits per heavy atom. The van der Waals surface area contributed by atoms with Gasteiger partial charge in [0.05, 0.1) is 11.3 Å². The molecular weight excluding hydrogens is 338 g/mol. The van der Waals surface area contributed by atoms with E-state index in [0.29, 0.717) is 25.2 Å². The van der Waals surface area contributed by atoms with Gasteiger partial charge in [-0.3, -0.25) is 0 Å². The second-order valence-electron chi connectivity index (χ2n) is 4.48. The summed E-state index contributed by atoms with van der Waals surface area (Å²) in [5.74, 6) is -1.58. The topological polar surface area (TPSA) is 80.0 Å². The van der Waals surface area contributed by atoms with Gasteiger partial charge in [-0.1, -0.05) is 12.2 Å². The Morgan fingerprint density at radius 1 is 1.13 bits per heavy atom. The predicted octanol–water partition coefficient (Wildman–Crippen LogP) is 2.40. The van der Waals surface area contributed by atoms with Gasteiger partial charge in [-0.15, -0.1) is 12.4 Å². The Morgan fingerprint density at radius 3 is 2.26 bits per heavy atom. The second kappa shape index (κ2) is 7.32. The molecule has 1 heterocycles. The lowest BCUT2D eigenvalue weighted by molar-refractivity contribution is -0.139. The molecule has 0 atom stereocenters. The van der Waals surface area contributed by atoms with Gasteiger partial charge in [0, 0.05) is 19.2 Å². The molecule has 1 aliphatic heterocycles. The van der Waals surface area contributed by atoms with Crippen molar-refractivity contribution >= 4 is 30.0 Å². The summed E-state index contributed by atoms with van der Waals surface area (Å²) in [7, 11) is 0. The number of aliphatic imine (C=N–C) groups is 2. The standard InChI is InChI=1S/C13H13F4N5.ClH/c14-10-7-8(3-4-9(10)13(15,16)17)20-11(18)21-12(19)22-5-1-2-6-22;/h1-4,7H,5-6H2,(H4,18,19,20,21);1H. The Kier molecular flexibility index (Phi) is 5.97. The van der Waals surface area contributed by atoms with Crippen molar-refractivity contribution in [1.82, 2.24) is 4.90 Å². The molecule has 0 spiro atoms. The number of halogens is 5. The molecule has 0 radical (unpaired) electrons. The lowest BCUT2D eigenvalue weighted by Crippen LogP contribution is -2.36. The van der Waals surface area contributed by atoms with Gasteiger partial charge in [0.25, 0.3) is 0 Å². The molecule has 0 bridgehead atoms. The summed E-state index contributed by atoms with van der Waals surface area (Å²) >= 11 is 0. The number of hydrogen-bond acceptors (Lipinski definition) is 1. The summed E-state index contributed by atoms with van der Waals surface area (Å²) in [6.07, 6.45) is -0.981. The molecule has 5 nitrogen and oxygen atoms in total. The van der Waals surface area contributed by atoms with Crippen LogP contribution in [0.25, 0.3) is 0 Å². The largest absolute Gasteiger partial charge is 0.419 e. The van der Waals surface area contributed by atoms with E-state index >= 15 is 0 Å². The maximum absolute atomic E-state index is 13.4. The van der Waals surface area contributed by atoms with Crippen LogP contribution in [0.4, 0.5) is 23.2 Å². The SMILES string of the molecule is Cl.NC(=Nc1ccc(C(F)(F)F)c(F)c1)N=C(N)N1CC=CC1. The third-order valence-corrected chi connectivity index (χ3v) is 2.87. The Labute approximate surface area is 135 Å². The molecule has 1 aromatic rings. The number of nitrogens with zero attached hydrogens (tertiary/aromatic N) is 3. The van der Waals surface area contributed by atoms with Crippen LogP contribution in [0, 0.1) is 5.82 Å². The van der Waals surface area contributed by atoms with Gasteiger partial charge in [-0.2, -0.15) is 18.2 Å². The average Bonchev–Trinajstić information content (AvgIpc) is 2.90. The Balaban J connectivity index is 0.00000264. The van der Waals surface area contributed by atoms with Crippen LogP contribution in [0.15, 0.2) is 40.3 Å². The first-order valence-electron chi connectivity index (χ1n) is 6.22.